The number of ketones is 1. The van der Waals surface area contributed by atoms with E-state index in [0.717, 1.165) is 63.7 Å². The largest absolute Gasteiger partial charge is 0.369 e. The Hall–Kier alpha value is -1.40. The summed E-state index contributed by atoms with van der Waals surface area (Å²) in [7, 11) is 0. The molecule has 0 aromatic heterocycles. The van der Waals surface area contributed by atoms with Crippen molar-refractivity contribution in [2.75, 3.05) is 13.1 Å². The molecular formula is C24H37N3O3. The van der Waals surface area contributed by atoms with E-state index in [1.807, 2.05) is 0 Å². The molecule has 8 atom stereocenters. The Morgan fingerprint density at radius 2 is 2.03 bits per heavy atom. The Kier molecular flexibility index (Phi) is 5.01. The van der Waals surface area contributed by atoms with E-state index in [0.29, 0.717) is 30.0 Å². The average Bonchev–Trinajstić information content (AvgIpc) is 3.34. The van der Waals surface area contributed by atoms with Gasteiger partial charge in [0.2, 0.25) is 5.91 Å². The van der Waals surface area contributed by atoms with Gasteiger partial charge in [0.25, 0.3) is 0 Å². The van der Waals surface area contributed by atoms with E-state index in [-0.39, 0.29) is 34.7 Å². The van der Waals surface area contributed by atoms with Crippen molar-refractivity contribution in [3.05, 3.63) is 11.8 Å². The zero-order valence-corrected chi connectivity index (χ0v) is 18.4. The highest BCUT2D eigenvalue weighted by Crippen LogP contribution is 2.66. The first kappa shape index (κ1) is 20.5. The van der Waals surface area contributed by atoms with Crippen LogP contribution in [0.5, 0.6) is 0 Å². The summed E-state index contributed by atoms with van der Waals surface area (Å²) in [5.41, 5.74) is 10.2. The fourth-order valence-electron chi connectivity index (χ4n) is 7.98. The van der Waals surface area contributed by atoms with Gasteiger partial charge in [-0.3, -0.25) is 19.9 Å². The molecule has 6 nitrogen and oxygen atoms in total. The van der Waals surface area contributed by atoms with E-state index < -0.39 is 0 Å². The first-order valence-electron chi connectivity index (χ1n) is 12.0. The minimum absolute atomic E-state index is 0.0652. The molecule has 0 aromatic carbocycles. The summed E-state index contributed by atoms with van der Waals surface area (Å²) < 4.78 is 0. The highest BCUT2D eigenvalue weighted by atomic mass is 16.7. The minimum Gasteiger partial charge on any atom is -0.369 e. The number of carbonyl (C=O) groups is 2. The smallest absolute Gasteiger partial charge is 0.221 e. The van der Waals surface area contributed by atoms with Gasteiger partial charge in [-0.1, -0.05) is 19.9 Å². The normalized spacial score (nSPS) is 47.8. The number of carbonyl (C=O) groups excluding carboxylic acids is 2. The van der Waals surface area contributed by atoms with E-state index in [9.17, 15) is 9.59 Å². The van der Waals surface area contributed by atoms with Crippen molar-refractivity contribution in [1.82, 2.24) is 10.8 Å². The van der Waals surface area contributed by atoms with Crippen LogP contribution in [0.1, 0.15) is 65.2 Å². The van der Waals surface area contributed by atoms with Gasteiger partial charge in [-0.15, -0.1) is 0 Å². The number of hydrogen-bond donors (Lipinski definition) is 3. The predicted octanol–water partition coefficient (Wildman–Crippen LogP) is 2.69. The van der Waals surface area contributed by atoms with Gasteiger partial charge in [-0.2, -0.15) is 0 Å². The maximum atomic E-state index is 12.7. The topological polar surface area (TPSA) is 93.4 Å². The molecule has 0 radical (unpaired) electrons. The standard InChI is InChI=1S/C24H37N3O3/c1-23-8-5-14(27-30-15-7-10-26-13-15)11-20(23)17(22(25)29)12-16-18-3-4-21(28)24(18,2)9-6-19(16)23/h11,15-20,26-27H,3-10,12-13H2,1-2H3,(H2,25,29)/t15-,16+,17+,18+,19+,20?,23-,24+/m1/s1. The van der Waals surface area contributed by atoms with Crippen LogP contribution >= 0.6 is 0 Å². The molecule has 4 aliphatic carbocycles. The summed E-state index contributed by atoms with van der Waals surface area (Å²) in [6.45, 7) is 6.46. The number of amides is 1. The van der Waals surface area contributed by atoms with Gasteiger partial charge in [-0.05, 0) is 80.6 Å². The van der Waals surface area contributed by atoms with Gasteiger partial charge >= 0.3 is 0 Å². The van der Waals surface area contributed by atoms with Crippen LogP contribution in [0, 0.1) is 40.4 Å². The third kappa shape index (κ3) is 3.05. The second-order valence-corrected chi connectivity index (χ2v) is 11.1. The quantitative estimate of drug-likeness (QED) is 0.614. The number of rotatable bonds is 4. The Morgan fingerprint density at radius 3 is 2.77 bits per heavy atom. The lowest BCUT2D eigenvalue weighted by Gasteiger charge is -2.60. The number of fused-ring (bicyclic) bond motifs is 5. The Bertz CT molecular complexity index is 761. The summed E-state index contributed by atoms with van der Waals surface area (Å²) in [6.07, 6.45) is 10.1. The van der Waals surface area contributed by atoms with Gasteiger partial charge in [0.05, 0.1) is 6.10 Å². The fourth-order valence-corrected chi connectivity index (χ4v) is 7.98. The molecule has 1 aliphatic heterocycles. The van der Waals surface area contributed by atoms with Gasteiger partial charge in [0.1, 0.15) is 5.78 Å². The third-order valence-electron chi connectivity index (χ3n) is 9.77. The number of allylic oxidation sites excluding steroid dienone is 2. The van der Waals surface area contributed by atoms with Gasteiger partial charge in [0, 0.05) is 30.0 Å². The molecule has 1 heterocycles. The minimum atomic E-state index is -0.181. The molecule has 0 aromatic rings. The van der Waals surface area contributed by atoms with Crippen LogP contribution in [-0.4, -0.2) is 30.9 Å². The molecule has 30 heavy (non-hydrogen) atoms. The first-order chi connectivity index (χ1) is 14.3. The SMILES string of the molecule is C[C@]12CCC(NO[C@@H]3CCNC3)=CC1[C@@H](C(N)=O)C[C@@H]1[C@@H]2CC[C@]2(C)C(=O)CC[C@@H]12. The summed E-state index contributed by atoms with van der Waals surface area (Å²) in [6, 6.07) is 0. The maximum absolute atomic E-state index is 12.7. The molecule has 1 unspecified atom stereocenters. The maximum Gasteiger partial charge on any atom is 0.221 e. The zero-order valence-electron chi connectivity index (χ0n) is 18.4. The molecule has 1 amide bonds. The van der Waals surface area contributed by atoms with Crippen molar-refractivity contribution in [2.45, 2.75) is 71.3 Å². The number of nitrogens with one attached hydrogen (secondary N) is 2. The van der Waals surface area contributed by atoms with Gasteiger partial charge < -0.3 is 11.1 Å². The Labute approximate surface area is 179 Å². The molecule has 5 rings (SSSR count). The molecule has 1 saturated heterocycles. The first-order valence-corrected chi connectivity index (χ1v) is 12.0. The zero-order chi connectivity index (χ0) is 21.1. The molecule has 0 spiro atoms. The van der Waals surface area contributed by atoms with Crippen LogP contribution in [0.2, 0.25) is 0 Å². The lowest BCUT2D eigenvalue weighted by molar-refractivity contribution is -0.147. The van der Waals surface area contributed by atoms with Crippen molar-refractivity contribution in [3.8, 4) is 0 Å². The molecular weight excluding hydrogens is 378 g/mol. The van der Waals surface area contributed by atoms with E-state index in [1.54, 1.807) is 0 Å². The van der Waals surface area contributed by atoms with E-state index in [4.69, 9.17) is 10.6 Å². The van der Waals surface area contributed by atoms with Crippen LogP contribution in [0.4, 0.5) is 0 Å². The number of Topliss-reactive ketones (excluding diaryl/α,β-unsaturated/α-hetero) is 1. The summed E-state index contributed by atoms with van der Waals surface area (Å²) >= 11 is 0. The van der Waals surface area contributed by atoms with Crippen LogP contribution < -0.4 is 16.5 Å². The van der Waals surface area contributed by atoms with Crippen molar-refractivity contribution < 1.29 is 14.4 Å². The molecule has 5 aliphatic rings. The van der Waals surface area contributed by atoms with Crippen molar-refractivity contribution in [1.29, 1.82) is 0 Å². The summed E-state index contributed by atoms with van der Waals surface area (Å²) in [5.74, 6) is 1.70. The highest BCUT2D eigenvalue weighted by Gasteiger charge is 2.62. The fraction of sp³-hybridized carbons (Fsp3) is 0.833. The predicted molar refractivity (Wildman–Crippen MR) is 114 cm³/mol. The number of hydroxylamine groups is 1. The number of nitrogens with two attached hydrogens (primary N) is 1. The Balaban J connectivity index is 1.41. The molecule has 3 saturated carbocycles. The lowest BCUT2D eigenvalue weighted by Crippen LogP contribution is -2.57. The van der Waals surface area contributed by atoms with E-state index in [2.05, 4.69) is 30.7 Å². The van der Waals surface area contributed by atoms with Crippen molar-refractivity contribution in [2.24, 2.45) is 46.2 Å². The Morgan fingerprint density at radius 1 is 1.20 bits per heavy atom. The van der Waals surface area contributed by atoms with E-state index in [1.165, 1.54) is 0 Å². The molecule has 4 N–H and O–H groups in total. The molecule has 0 bridgehead atoms. The average molecular weight is 416 g/mol. The van der Waals surface area contributed by atoms with Crippen LogP contribution in [0.3, 0.4) is 0 Å². The van der Waals surface area contributed by atoms with Crippen LogP contribution in [-0.2, 0) is 14.4 Å². The molecule has 6 heteroatoms. The van der Waals surface area contributed by atoms with Crippen LogP contribution in [0.25, 0.3) is 0 Å². The monoisotopic (exact) mass is 415 g/mol. The molecule has 166 valence electrons. The third-order valence-corrected chi connectivity index (χ3v) is 9.77. The van der Waals surface area contributed by atoms with Gasteiger partial charge in [0.15, 0.2) is 0 Å². The second kappa shape index (κ2) is 7.33. The van der Waals surface area contributed by atoms with Crippen molar-refractivity contribution >= 4 is 11.7 Å². The highest BCUT2D eigenvalue weighted by molar-refractivity contribution is 5.87. The summed E-state index contributed by atoms with van der Waals surface area (Å²) in [4.78, 5) is 31.2. The van der Waals surface area contributed by atoms with Gasteiger partial charge in [-0.25, -0.2) is 0 Å². The van der Waals surface area contributed by atoms with Crippen molar-refractivity contribution in [3.63, 3.8) is 0 Å². The number of hydrogen-bond acceptors (Lipinski definition) is 5. The lowest BCUT2D eigenvalue weighted by atomic mass is 9.44. The summed E-state index contributed by atoms with van der Waals surface area (Å²) in [5, 5.41) is 3.32. The van der Waals surface area contributed by atoms with E-state index >= 15 is 0 Å². The number of primary amides is 1. The molecule has 4 fully saturated rings. The second-order valence-electron chi connectivity index (χ2n) is 11.1. The van der Waals surface area contributed by atoms with Crippen LogP contribution in [0.15, 0.2) is 11.8 Å².